The Morgan fingerprint density at radius 1 is 0.861 bits per heavy atom. The van der Waals surface area contributed by atoms with Gasteiger partial charge in [-0.1, -0.05) is 30.3 Å². The maximum Gasteiger partial charge on any atom is 0.326 e. The summed E-state index contributed by atoms with van der Waals surface area (Å²) < 4.78 is 0. The second kappa shape index (κ2) is 15.7. The number of guanidine groups is 1. The molecule has 0 bridgehead atoms. The SMILES string of the molecule is NCC(=O)NC(CCC(=O)O)C(=O)NC(CCCN=C(N)N)C(=O)NC(Cc1ccccc1)C(=O)O. The van der Waals surface area contributed by atoms with E-state index in [-0.39, 0.29) is 38.2 Å². The molecule has 198 valence electrons. The molecule has 36 heavy (non-hydrogen) atoms. The van der Waals surface area contributed by atoms with E-state index in [1.165, 1.54) is 0 Å². The molecule has 0 saturated carbocycles. The number of carboxylic acid groups (broad SMARTS) is 2. The maximum absolute atomic E-state index is 13.0. The molecule has 14 nitrogen and oxygen atoms in total. The van der Waals surface area contributed by atoms with Gasteiger partial charge in [0.05, 0.1) is 6.54 Å². The lowest BCUT2D eigenvalue weighted by molar-refractivity contribution is -0.142. The van der Waals surface area contributed by atoms with Crippen LogP contribution < -0.4 is 33.2 Å². The van der Waals surface area contributed by atoms with Crippen LogP contribution in [0.2, 0.25) is 0 Å². The molecular formula is C22H33N7O7. The standard InChI is InChI=1S/C22H33N7O7/c23-12-17(30)27-15(8-9-18(31)32)20(34)28-14(7-4-10-26-22(24)25)19(33)29-16(21(35)36)11-13-5-2-1-3-6-13/h1-3,5-6,14-16H,4,7-12,23H2,(H,27,30)(H,28,34)(H,29,33)(H,31,32)(H,35,36)(H4,24,25,26). The van der Waals surface area contributed by atoms with Crippen molar-refractivity contribution < 1.29 is 34.2 Å². The van der Waals surface area contributed by atoms with Crippen molar-refractivity contribution in [3.63, 3.8) is 0 Å². The van der Waals surface area contributed by atoms with Crippen LogP contribution >= 0.6 is 0 Å². The predicted molar refractivity (Wildman–Crippen MR) is 129 cm³/mol. The number of nitrogens with two attached hydrogens (primary N) is 3. The monoisotopic (exact) mass is 507 g/mol. The second-order valence-electron chi connectivity index (χ2n) is 7.86. The summed E-state index contributed by atoms with van der Waals surface area (Å²) in [5, 5.41) is 25.7. The van der Waals surface area contributed by atoms with Crippen molar-refractivity contribution in [2.24, 2.45) is 22.2 Å². The molecule has 14 heteroatoms. The summed E-state index contributed by atoms with van der Waals surface area (Å²) in [6.07, 6.45) is -0.391. The highest BCUT2D eigenvalue weighted by atomic mass is 16.4. The average Bonchev–Trinajstić information content (AvgIpc) is 2.82. The highest BCUT2D eigenvalue weighted by Crippen LogP contribution is 2.07. The minimum atomic E-state index is -1.28. The number of amides is 3. The van der Waals surface area contributed by atoms with Gasteiger partial charge < -0.3 is 43.4 Å². The number of nitrogens with zero attached hydrogens (tertiary/aromatic N) is 1. The summed E-state index contributed by atoms with van der Waals surface area (Å²) in [4.78, 5) is 64.1. The number of hydrogen-bond donors (Lipinski definition) is 8. The van der Waals surface area contributed by atoms with E-state index in [2.05, 4.69) is 20.9 Å². The number of aliphatic carboxylic acids is 2. The van der Waals surface area contributed by atoms with Gasteiger partial charge in [0.25, 0.3) is 0 Å². The molecule has 1 aromatic rings. The fourth-order valence-corrected chi connectivity index (χ4v) is 3.16. The minimum Gasteiger partial charge on any atom is -0.481 e. The molecule has 1 aromatic carbocycles. The van der Waals surface area contributed by atoms with Crippen LogP contribution in [0.1, 0.15) is 31.2 Å². The molecule has 0 aliphatic heterocycles. The molecule has 3 atom stereocenters. The average molecular weight is 508 g/mol. The third-order valence-corrected chi connectivity index (χ3v) is 4.96. The third kappa shape index (κ3) is 11.8. The van der Waals surface area contributed by atoms with Crippen LogP contribution in [0.3, 0.4) is 0 Å². The maximum atomic E-state index is 13.0. The first-order valence-corrected chi connectivity index (χ1v) is 11.2. The van der Waals surface area contributed by atoms with Crippen LogP contribution in [0.25, 0.3) is 0 Å². The number of rotatable bonds is 16. The first kappa shape index (κ1) is 29.8. The highest BCUT2D eigenvalue weighted by molar-refractivity contribution is 5.93. The third-order valence-electron chi connectivity index (χ3n) is 4.96. The van der Waals surface area contributed by atoms with Crippen molar-refractivity contribution in [3.8, 4) is 0 Å². The fraction of sp³-hybridized carbons (Fsp3) is 0.455. The normalized spacial score (nSPS) is 12.9. The second-order valence-corrected chi connectivity index (χ2v) is 7.86. The molecule has 0 aliphatic rings. The quantitative estimate of drug-likeness (QED) is 0.0671. The summed E-state index contributed by atoms with van der Waals surface area (Å²) in [6, 6.07) is 4.89. The van der Waals surface area contributed by atoms with Gasteiger partial charge >= 0.3 is 11.9 Å². The van der Waals surface area contributed by atoms with Crippen LogP contribution in [0.5, 0.6) is 0 Å². The van der Waals surface area contributed by atoms with Crippen LogP contribution in [-0.2, 0) is 30.4 Å². The Bertz CT molecular complexity index is 936. The number of nitrogens with one attached hydrogen (secondary N) is 3. The van der Waals surface area contributed by atoms with Crippen LogP contribution in [-0.4, -0.2) is 77.0 Å². The van der Waals surface area contributed by atoms with E-state index in [1.807, 2.05) is 0 Å². The topological polar surface area (TPSA) is 252 Å². The first-order chi connectivity index (χ1) is 17.0. The van der Waals surface area contributed by atoms with E-state index in [0.29, 0.717) is 5.56 Å². The Labute approximate surface area is 207 Å². The molecule has 0 fully saturated rings. The molecule has 3 unspecified atom stereocenters. The molecule has 0 radical (unpaired) electrons. The number of aliphatic imine (C=N–C) groups is 1. The van der Waals surface area contributed by atoms with E-state index < -0.39 is 60.8 Å². The largest absolute Gasteiger partial charge is 0.481 e. The van der Waals surface area contributed by atoms with Gasteiger partial charge in [-0.3, -0.25) is 24.2 Å². The number of carboxylic acids is 2. The van der Waals surface area contributed by atoms with Gasteiger partial charge in [-0.2, -0.15) is 0 Å². The Kier molecular flexibility index (Phi) is 13.0. The summed E-state index contributed by atoms with van der Waals surface area (Å²) >= 11 is 0. The molecule has 3 amide bonds. The fourth-order valence-electron chi connectivity index (χ4n) is 3.16. The predicted octanol–water partition coefficient (Wildman–Crippen LogP) is -2.35. The van der Waals surface area contributed by atoms with Crippen LogP contribution in [0, 0.1) is 0 Å². The van der Waals surface area contributed by atoms with E-state index in [0.717, 1.165) is 0 Å². The van der Waals surface area contributed by atoms with E-state index in [9.17, 15) is 29.1 Å². The minimum absolute atomic E-state index is 0.00434. The van der Waals surface area contributed by atoms with Gasteiger partial charge in [0.15, 0.2) is 5.96 Å². The molecule has 0 heterocycles. The summed E-state index contributed by atoms with van der Waals surface area (Å²) in [5.74, 6) is -4.91. The van der Waals surface area contributed by atoms with Gasteiger partial charge in [0, 0.05) is 19.4 Å². The van der Waals surface area contributed by atoms with Gasteiger partial charge in [0.1, 0.15) is 18.1 Å². The van der Waals surface area contributed by atoms with Gasteiger partial charge in [-0.15, -0.1) is 0 Å². The molecule has 0 aliphatic carbocycles. The van der Waals surface area contributed by atoms with Gasteiger partial charge in [-0.25, -0.2) is 4.79 Å². The van der Waals surface area contributed by atoms with E-state index in [1.54, 1.807) is 30.3 Å². The Balaban J connectivity index is 3.02. The number of benzene rings is 1. The summed E-state index contributed by atoms with van der Waals surface area (Å²) in [5.41, 5.74) is 16.5. The van der Waals surface area contributed by atoms with Gasteiger partial charge in [-0.05, 0) is 24.8 Å². The molecule has 0 spiro atoms. The van der Waals surface area contributed by atoms with Crippen molar-refractivity contribution in [1.82, 2.24) is 16.0 Å². The lowest BCUT2D eigenvalue weighted by Gasteiger charge is -2.24. The van der Waals surface area contributed by atoms with Gasteiger partial charge in [0.2, 0.25) is 17.7 Å². The molecule has 1 rings (SSSR count). The number of hydrogen-bond acceptors (Lipinski definition) is 7. The summed E-state index contributed by atoms with van der Waals surface area (Å²) in [7, 11) is 0. The number of carbonyl (C=O) groups is 5. The van der Waals surface area contributed by atoms with E-state index in [4.69, 9.17) is 22.3 Å². The Hall–Kier alpha value is -4.20. The lowest BCUT2D eigenvalue weighted by atomic mass is 10.0. The highest BCUT2D eigenvalue weighted by Gasteiger charge is 2.29. The molecule has 0 saturated heterocycles. The van der Waals surface area contributed by atoms with Crippen molar-refractivity contribution in [1.29, 1.82) is 0 Å². The van der Waals surface area contributed by atoms with E-state index >= 15 is 0 Å². The van der Waals surface area contributed by atoms with Crippen molar-refractivity contribution in [2.45, 2.75) is 50.2 Å². The van der Waals surface area contributed by atoms with Crippen LogP contribution in [0.4, 0.5) is 0 Å². The zero-order valence-corrected chi connectivity index (χ0v) is 19.7. The molecule has 11 N–H and O–H groups in total. The smallest absolute Gasteiger partial charge is 0.326 e. The Morgan fingerprint density at radius 3 is 1.97 bits per heavy atom. The lowest BCUT2D eigenvalue weighted by Crippen LogP contribution is -2.56. The van der Waals surface area contributed by atoms with Crippen molar-refractivity contribution in [2.75, 3.05) is 13.1 Å². The van der Waals surface area contributed by atoms with Crippen molar-refractivity contribution >= 4 is 35.6 Å². The number of carbonyl (C=O) groups excluding carboxylic acids is 3. The molecular weight excluding hydrogens is 474 g/mol. The zero-order valence-electron chi connectivity index (χ0n) is 19.7. The molecule has 0 aromatic heterocycles. The Morgan fingerprint density at radius 2 is 1.44 bits per heavy atom. The van der Waals surface area contributed by atoms with Crippen LogP contribution in [0.15, 0.2) is 35.3 Å². The first-order valence-electron chi connectivity index (χ1n) is 11.2. The zero-order chi connectivity index (χ0) is 27.1. The van der Waals surface area contributed by atoms with Crippen molar-refractivity contribution in [3.05, 3.63) is 35.9 Å². The summed E-state index contributed by atoms with van der Waals surface area (Å²) in [6.45, 7) is -0.292.